The molecule has 1 aromatic heterocycles. The first-order chi connectivity index (χ1) is 14.0. The minimum absolute atomic E-state index is 0.111. The van der Waals surface area contributed by atoms with Crippen molar-refractivity contribution in [2.45, 2.75) is 6.92 Å². The van der Waals surface area contributed by atoms with Crippen LogP contribution in [0.1, 0.15) is 21.5 Å². The summed E-state index contributed by atoms with van der Waals surface area (Å²) in [5.41, 5.74) is 3.38. The van der Waals surface area contributed by atoms with E-state index in [1.54, 1.807) is 60.7 Å². The molecule has 3 aromatic carbocycles. The second-order valence-corrected chi connectivity index (χ2v) is 6.66. The van der Waals surface area contributed by atoms with Crippen LogP contribution in [0.15, 0.2) is 82.0 Å². The van der Waals surface area contributed by atoms with E-state index < -0.39 is 0 Å². The van der Waals surface area contributed by atoms with Crippen LogP contribution in [-0.2, 0) is 0 Å². The smallest absolute Gasteiger partial charge is 0.255 e. The fourth-order valence-corrected chi connectivity index (χ4v) is 3.08. The number of aryl methyl sites for hydroxylation is 1. The van der Waals surface area contributed by atoms with E-state index in [0.29, 0.717) is 39.1 Å². The van der Waals surface area contributed by atoms with Gasteiger partial charge in [-0.3, -0.25) is 9.59 Å². The lowest BCUT2D eigenvalue weighted by Crippen LogP contribution is -2.12. The summed E-state index contributed by atoms with van der Waals surface area (Å²) in [4.78, 5) is 24.9. The summed E-state index contributed by atoms with van der Waals surface area (Å²) < 4.78 is 5.87. The van der Waals surface area contributed by atoms with Gasteiger partial charge in [0.2, 0.25) is 0 Å². The molecule has 4 aromatic rings. The first-order valence-corrected chi connectivity index (χ1v) is 9.00. The molecule has 0 atom stereocenters. The molecular weight excluding hydrogens is 364 g/mol. The second-order valence-electron chi connectivity index (χ2n) is 6.66. The first kappa shape index (κ1) is 18.2. The van der Waals surface area contributed by atoms with Crippen molar-refractivity contribution < 1.29 is 9.21 Å². The van der Waals surface area contributed by atoms with Crippen LogP contribution in [0.3, 0.4) is 0 Å². The number of anilines is 1. The minimum Gasteiger partial charge on any atom is -0.456 e. The Hall–Kier alpha value is -4.17. The van der Waals surface area contributed by atoms with Gasteiger partial charge in [0.15, 0.2) is 5.43 Å². The van der Waals surface area contributed by atoms with Gasteiger partial charge in [0.25, 0.3) is 5.91 Å². The monoisotopic (exact) mass is 380 g/mol. The normalized spacial score (nSPS) is 10.5. The molecule has 0 aliphatic rings. The Morgan fingerprint density at radius 3 is 2.52 bits per heavy atom. The molecule has 1 N–H and O–H groups in total. The highest BCUT2D eigenvalue weighted by molar-refractivity contribution is 6.05. The van der Waals surface area contributed by atoms with Gasteiger partial charge >= 0.3 is 0 Å². The van der Waals surface area contributed by atoms with E-state index in [0.717, 1.165) is 5.56 Å². The van der Waals surface area contributed by atoms with Crippen LogP contribution in [0.2, 0.25) is 0 Å². The molecule has 29 heavy (non-hydrogen) atoms. The van der Waals surface area contributed by atoms with Gasteiger partial charge in [-0.15, -0.1) is 0 Å². The maximum absolute atomic E-state index is 12.5. The lowest BCUT2D eigenvalue weighted by atomic mass is 10.1. The number of hydrogen-bond acceptors (Lipinski definition) is 4. The lowest BCUT2D eigenvalue weighted by Gasteiger charge is -2.08. The zero-order valence-corrected chi connectivity index (χ0v) is 15.6. The van der Waals surface area contributed by atoms with E-state index in [9.17, 15) is 9.59 Å². The van der Waals surface area contributed by atoms with Crippen LogP contribution >= 0.6 is 0 Å². The van der Waals surface area contributed by atoms with Crippen molar-refractivity contribution in [2.24, 2.45) is 0 Å². The van der Waals surface area contributed by atoms with Crippen LogP contribution in [0, 0.1) is 18.3 Å². The molecule has 5 heteroatoms. The van der Waals surface area contributed by atoms with Gasteiger partial charge in [-0.1, -0.05) is 35.9 Å². The number of benzene rings is 3. The van der Waals surface area contributed by atoms with Crippen molar-refractivity contribution in [3.05, 3.63) is 99.7 Å². The van der Waals surface area contributed by atoms with Crippen LogP contribution in [0.25, 0.3) is 22.3 Å². The van der Waals surface area contributed by atoms with Crippen molar-refractivity contribution in [1.82, 2.24) is 0 Å². The first-order valence-electron chi connectivity index (χ1n) is 9.00. The largest absolute Gasteiger partial charge is 0.456 e. The average molecular weight is 380 g/mol. The van der Waals surface area contributed by atoms with Gasteiger partial charge in [-0.2, -0.15) is 5.26 Å². The highest BCUT2D eigenvalue weighted by Gasteiger charge is 2.11. The molecular formula is C24H16N2O3. The molecule has 0 saturated heterocycles. The average Bonchev–Trinajstić information content (AvgIpc) is 2.74. The van der Waals surface area contributed by atoms with E-state index in [1.807, 2.05) is 19.1 Å². The molecule has 0 aliphatic heterocycles. The number of rotatable bonds is 3. The van der Waals surface area contributed by atoms with Crippen molar-refractivity contribution in [3.63, 3.8) is 0 Å². The molecule has 0 spiro atoms. The summed E-state index contributed by atoms with van der Waals surface area (Å²) >= 11 is 0. The molecule has 0 radical (unpaired) electrons. The number of carbonyl (C=O) groups is 1. The van der Waals surface area contributed by atoms with Gasteiger partial charge in [-0.05, 0) is 43.3 Å². The number of amides is 1. The highest BCUT2D eigenvalue weighted by Crippen LogP contribution is 2.23. The summed E-state index contributed by atoms with van der Waals surface area (Å²) in [6.07, 6.45) is 0. The summed E-state index contributed by atoms with van der Waals surface area (Å²) in [6, 6.07) is 22.5. The number of fused-ring (bicyclic) bond motifs is 1. The fourth-order valence-electron chi connectivity index (χ4n) is 3.08. The van der Waals surface area contributed by atoms with Crippen molar-refractivity contribution in [1.29, 1.82) is 5.26 Å². The van der Waals surface area contributed by atoms with E-state index >= 15 is 0 Å². The number of nitrogens with zero attached hydrogens (tertiary/aromatic N) is 1. The highest BCUT2D eigenvalue weighted by atomic mass is 16.3. The molecule has 1 amide bonds. The standard InChI is InChI=1S/C24H16N2O3/c1-15-6-11-22-19(12-15)21(27)13-23(29-22)16-7-9-17(10-8-16)24(28)26-20-5-3-2-4-18(20)14-25/h2-13H,1H3,(H,26,28). The third-order valence-electron chi connectivity index (χ3n) is 4.61. The van der Waals surface area contributed by atoms with Crippen LogP contribution < -0.4 is 10.7 Å². The van der Waals surface area contributed by atoms with Gasteiger partial charge in [0, 0.05) is 17.2 Å². The molecule has 140 valence electrons. The molecule has 4 rings (SSSR count). The van der Waals surface area contributed by atoms with Gasteiger partial charge in [-0.25, -0.2) is 0 Å². The Kier molecular flexibility index (Phi) is 4.68. The third-order valence-corrected chi connectivity index (χ3v) is 4.61. The topological polar surface area (TPSA) is 83.1 Å². The minimum atomic E-state index is -0.324. The molecule has 1 heterocycles. The molecule has 0 saturated carbocycles. The van der Waals surface area contributed by atoms with Crippen molar-refractivity contribution in [3.8, 4) is 17.4 Å². The summed E-state index contributed by atoms with van der Waals surface area (Å²) in [5, 5.41) is 12.4. The molecule has 0 fully saturated rings. The number of nitriles is 1. The SMILES string of the molecule is Cc1ccc2oc(-c3ccc(C(=O)Nc4ccccc4C#N)cc3)cc(=O)c2c1. The van der Waals surface area contributed by atoms with E-state index in [-0.39, 0.29) is 11.3 Å². The van der Waals surface area contributed by atoms with E-state index in [1.165, 1.54) is 6.07 Å². The number of hydrogen-bond donors (Lipinski definition) is 1. The second kappa shape index (κ2) is 7.45. The molecule has 0 bridgehead atoms. The predicted octanol–water partition coefficient (Wildman–Crippen LogP) is 4.89. The summed E-state index contributed by atoms with van der Waals surface area (Å²) in [5.74, 6) is 0.114. The van der Waals surface area contributed by atoms with Crippen LogP contribution in [0.5, 0.6) is 0 Å². The zero-order chi connectivity index (χ0) is 20.4. The molecule has 0 aliphatic carbocycles. The lowest BCUT2D eigenvalue weighted by molar-refractivity contribution is 0.102. The van der Waals surface area contributed by atoms with Crippen LogP contribution in [0.4, 0.5) is 5.69 Å². The van der Waals surface area contributed by atoms with E-state index in [2.05, 4.69) is 5.32 Å². The fraction of sp³-hybridized carbons (Fsp3) is 0.0417. The number of para-hydroxylation sites is 1. The maximum atomic E-state index is 12.5. The summed E-state index contributed by atoms with van der Waals surface area (Å²) in [6.45, 7) is 1.92. The summed E-state index contributed by atoms with van der Waals surface area (Å²) in [7, 11) is 0. The van der Waals surface area contributed by atoms with Crippen molar-refractivity contribution in [2.75, 3.05) is 5.32 Å². The van der Waals surface area contributed by atoms with Gasteiger partial charge in [0.05, 0.1) is 16.6 Å². The molecule has 0 unspecified atom stereocenters. The number of nitrogens with one attached hydrogen (secondary N) is 1. The Morgan fingerprint density at radius 2 is 1.76 bits per heavy atom. The molecule has 5 nitrogen and oxygen atoms in total. The number of carbonyl (C=O) groups excluding carboxylic acids is 1. The van der Waals surface area contributed by atoms with Gasteiger partial charge < -0.3 is 9.73 Å². The Labute approximate surface area is 166 Å². The predicted molar refractivity (Wildman–Crippen MR) is 112 cm³/mol. The maximum Gasteiger partial charge on any atom is 0.255 e. The van der Waals surface area contributed by atoms with Gasteiger partial charge in [0.1, 0.15) is 17.4 Å². The van der Waals surface area contributed by atoms with Crippen LogP contribution in [-0.4, -0.2) is 5.91 Å². The third kappa shape index (κ3) is 3.64. The zero-order valence-electron chi connectivity index (χ0n) is 15.6. The Bertz CT molecular complexity index is 1330. The van der Waals surface area contributed by atoms with Crippen molar-refractivity contribution >= 4 is 22.6 Å². The Morgan fingerprint density at radius 1 is 1.00 bits per heavy atom. The Balaban J connectivity index is 1.62. The quantitative estimate of drug-likeness (QED) is 0.548. The van der Waals surface area contributed by atoms with E-state index in [4.69, 9.17) is 9.68 Å².